The fourth-order valence-corrected chi connectivity index (χ4v) is 4.61. The Hall–Kier alpha value is -2.15. The maximum absolute atomic E-state index is 12.8. The Morgan fingerprint density at radius 1 is 1.03 bits per heavy atom. The van der Waals surface area contributed by atoms with Crippen LogP contribution in [0.4, 0.5) is 5.69 Å². The predicted octanol–water partition coefficient (Wildman–Crippen LogP) is 5.68. The first-order valence-electron chi connectivity index (χ1n) is 11.5. The summed E-state index contributed by atoms with van der Waals surface area (Å²) in [6.45, 7) is 3.24. The fourth-order valence-electron chi connectivity index (χ4n) is 4.44. The van der Waals surface area contributed by atoms with Crippen molar-refractivity contribution in [3.63, 3.8) is 0 Å². The van der Waals surface area contributed by atoms with E-state index in [1.165, 1.54) is 5.56 Å². The number of carbonyl (C=O) groups excluding carboxylic acids is 1. The molecule has 0 bridgehead atoms. The molecule has 0 unspecified atom stereocenters. The molecule has 0 saturated carbocycles. The summed E-state index contributed by atoms with van der Waals surface area (Å²) in [4.78, 5) is 15.3. The van der Waals surface area contributed by atoms with E-state index in [2.05, 4.69) is 17.0 Å². The maximum atomic E-state index is 12.8. The molecule has 2 aromatic rings. The maximum Gasteiger partial charge on any atom is 0.166 e. The van der Waals surface area contributed by atoms with Crippen molar-refractivity contribution in [2.24, 2.45) is 5.92 Å². The van der Waals surface area contributed by atoms with Crippen molar-refractivity contribution in [3.05, 3.63) is 46.5 Å². The minimum Gasteiger partial charge on any atom is -0.497 e. The first kappa shape index (κ1) is 28.1. The molecule has 0 aromatic heterocycles. The van der Waals surface area contributed by atoms with Gasteiger partial charge in [0.1, 0.15) is 17.2 Å². The summed E-state index contributed by atoms with van der Waals surface area (Å²) in [5, 5.41) is 0.389. The molecule has 1 aliphatic rings. The van der Waals surface area contributed by atoms with Gasteiger partial charge in [0.25, 0.3) is 0 Å². The number of halogens is 2. The van der Waals surface area contributed by atoms with E-state index in [9.17, 15) is 4.79 Å². The number of carbonyl (C=O) groups is 1. The second kappa shape index (κ2) is 13.7. The van der Waals surface area contributed by atoms with Crippen molar-refractivity contribution in [2.75, 3.05) is 46.7 Å². The van der Waals surface area contributed by atoms with Crippen molar-refractivity contribution < 1.29 is 19.0 Å². The van der Waals surface area contributed by atoms with Gasteiger partial charge in [-0.3, -0.25) is 4.79 Å². The Morgan fingerprint density at radius 3 is 2.26 bits per heavy atom. The number of anilines is 1. The summed E-state index contributed by atoms with van der Waals surface area (Å²) in [6, 6.07) is 9.30. The van der Waals surface area contributed by atoms with Crippen LogP contribution < -0.4 is 19.9 Å². The molecule has 1 heterocycles. The summed E-state index contributed by atoms with van der Waals surface area (Å²) in [5.74, 6) is 2.79. The third-order valence-corrected chi connectivity index (χ3v) is 6.78. The van der Waals surface area contributed by atoms with Crippen LogP contribution in [0.2, 0.25) is 5.02 Å². The zero-order chi connectivity index (χ0) is 23.8. The number of likely N-dealkylation sites (tertiary alicyclic amines) is 1. The number of nitrogens with zero attached hydrogens (tertiary/aromatic N) is 1. The number of hydrogen-bond acceptors (Lipinski definition) is 6. The largest absolute Gasteiger partial charge is 0.497 e. The van der Waals surface area contributed by atoms with Crippen LogP contribution in [0.5, 0.6) is 17.2 Å². The van der Waals surface area contributed by atoms with Gasteiger partial charge in [0.15, 0.2) is 5.78 Å². The highest BCUT2D eigenvalue weighted by molar-refractivity contribution is 6.33. The average molecular weight is 511 g/mol. The van der Waals surface area contributed by atoms with Gasteiger partial charge in [-0.2, -0.15) is 0 Å². The normalized spacial score (nSPS) is 14.4. The van der Waals surface area contributed by atoms with Gasteiger partial charge in [0, 0.05) is 18.6 Å². The van der Waals surface area contributed by atoms with Gasteiger partial charge in [-0.05, 0) is 81.4 Å². The van der Waals surface area contributed by atoms with Crippen molar-refractivity contribution >= 4 is 35.5 Å². The molecule has 6 nitrogen and oxygen atoms in total. The van der Waals surface area contributed by atoms with E-state index in [1.54, 1.807) is 33.5 Å². The smallest absolute Gasteiger partial charge is 0.166 e. The van der Waals surface area contributed by atoms with Gasteiger partial charge < -0.3 is 24.8 Å². The van der Waals surface area contributed by atoms with Crippen LogP contribution in [-0.4, -0.2) is 51.6 Å². The van der Waals surface area contributed by atoms with E-state index >= 15 is 0 Å². The first-order valence-corrected chi connectivity index (χ1v) is 11.9. The molecule has 8 heteroatoms. The molecule has 34 heavy (non-hydrogen) atoms. The summed E-state index contributed by atoms with van der Waals surface area (Å²) in [5.41, 5.74) is 7.99. The van der Waals surface area contributed by atoms with Crippen molar-refractivity contribution in [1.82, 2.24) is 4.90 Å². The second-order valence-electron chi connectivity index (χ2n) is 8.65. The molecule has 2 N–H and O–H groups in total. The molecule has 0 radical (unpaired) electrons. The minimum atomic E-state index is 0. The highest BCUT2D eigenvalue weighted by Gasteiger charge is 2.21. The Labute approximate surface area is 214 Å². The molecule has 0 aliphatic carbocycles. The van der Waals surface area contributed by atoms with Gasteiger partial charge >= 0.3 is 0 Å². The third-order valence-electron chi connectivity index (χ3n) is 6.46. The van der Waals surface area contributed by atoms with Crippen LogP contribution in [0.25, 0.3) is 0 Å². The van der Waals surface area contributed by atoms with Crippen LogP contribution in [0.3, 0.4) is 0 Å². The second-order valence-corrected chi connectivity index (χ2v) is 9.05. The van der Waals surface area contributed by atoms with Crippen molar-refractivity contribution in [2.45, 2.75) is 38.5 Å². The first-order chi connectivity index (χ1) is 15.9. The number of piperidine rings is 1. The summed E-state index contributed by atoms with van der Waals surface area (Å²) < 4.78 is 16.1. The van der Waals surface area contributed by atoms with Gasteiger partial charge in [0.2, 0.25) is 0 Å². The number of Topliss-reactive ketones (excluding diaryl/α,β-unsaturated/α-hetero) is 1. The summed E-state index contributed by atoms with van der Waals surface area (Å²) in [7, 11) is 4.90. The van der Waals surface area contributed by atoms with Crippen LogP contribution in [0, 0.1) is 5.92 Å². The molecule has 0 spiro atoms. The summed E-state index contributed by atoms with van der Waals surface area (Å²) in [6.07, 6.45) is 5.73. The van der Waals surface area contributed by atoms with Crippen LogP contribution in [0.1, 0.15) is 48.0 Å². The van der Waals surface area contributed by atoms with E-state index in [0.29, 0.717) is 34.4 Å². The number of nitrogens with two attached hydrogens (primary N) is 1. The quantitative estimate of drug-likeness (QED) is 0.309. The number of methoxy groups -OCH3 is 3. The lowest BCUT2D eigenvalue weighted by molar-refractivity contribution is 0.0959. The van der Waals surface area contributed by atoms with Gasteiger partial charge in [0.05, 0.1) is 37.6 Å². The highest BCUT2D eigenvalue weighted by Crippen LogP contribution is 2.31. The lowest BCUT2D eigenvalue weighted by Crippen LogP contribution is -2.34. The average Bonchev–Trinajstić information content (AvgIpc) is 2.84. The minimum absolute atomic E-state index is 0. The van der Waals surface area contributed by atoms with E-state index in [4.69, 9.17) is 31.5 Å². The lowest BCUT2D eigenvalue weighted by atomic mass is 9.90. The molecular formula is C26H36Cl2N2O4. The molecule has 1 aliphatic heterocycles. The van der Waals surface area contributed by atoms with Crippen molar-refractivity contribution in [1.29, 1.82) is 0 Å². The van der Waals surface area contributed by atoms with Gasteiger partial charge in [-0.1, -0.05) is 11.6 Å². The SMILES string of the molecule is COc1cc(CCCN2CCC(CCC(=O)c3cc(Cl)c(N)cc3OC)CC2)cc(OC)c1.Cl. The van der Waals surface area contributed by atoms with Gasteiger partial charge in [-0.15, -0.1) is 12.4 Å². The Balaban J connectivity index is 0.00000408. The number of ether oxygens (including phenoxy) is 3. The Bertz CT molecular complexity index is 924. The Morgan fingerprint density at radius 2 is 1.68 bits per heavy atom. The summed E-state index contributed by atoms with van der Waals surface area (Å²) >= 11 is 6.11. The number of ketones is 1. The Kier molecular flexibility index (Phi) is 11.3. The molecular weight excluding hydrogens is 475 g/mol. The third kappa shape index (κ3) is 7.69. The van der Waals surface area contributed by atoms with Crippen LogP contribution in [0.15, 0.2) is 30.3 Å². The number of rotatable bonds is 11. The standard InChI is InChI=1S/C26H35ClN2O4.ClH/c1-31-20-13-19(14-21(15-20)32-2)5-4-10-29-11-8-18(9-12-29)6-7-25(30)22-16-23(27)24(28)17-26(22)33-3;/h13-18H,4-12,28H2,1-3H3;1H. The lowest BCUT2D eigenvalue weighted by Gasteiger charge is -2.32. The van der Waals surface area contributed by atoms with E-state index in [-0.39, 0.29) is 18.2 Å². The zero-order valence-electron chi connectivity index (χ0n) is 20.3. The number of aryl methyl sites for hydroxylation is 1. The highest BCUT2D eigenvalue weighted by atomic mass is 35.5. The molecule has 0 atom stereocenters. The number of benzene rings is 2. The van der Waals surface area contributed by atoms with Crippen LogP contribution in [-0.2, 0) is 6.42 Å². The fraction of sp³-hybridized carbons (Fsp3) is 0.500. The zero-order valence-corrected chi connectivity index (χ0v) is 21.8. The topological polar surface area (TPSA) is 74.0 Å². The monoisotopic (exact) mass is 510 g/mol. The molecule has 3 rings (SSSR count). The van der Waals surface area contributed by atoms with Gasteiger partial charge in [-0.25, -0.2) is 0 Å². The molecule has 188 valence electrons. The number of nitrogen functional groups attached to an aromatic ring is 1. The molecule has 2 aromatic carbocycles. The molecule has 1 saturated heterocycles. The van der Waals surface area contributed by atoms with E-state index in [0.717, 1.165) is 63.2 Å². The predicted molar refractivity (Wildman–Crippen MR) is 140 cm³/mol. The van der Waals surface area contributed by atoms with Crippen molar-refractivity contribution in [3.8, 4) is 17.2 Å². The molecule has 1 fully saturated rings. The molecule has 0 amide bonds. The van der Waals surface area contributed by atoms with Crippen LogP contribution >= 0.6 is 24.0 Å². The van der Waals surface area contributed by atoms with E-state index < -0.39 is 0 Å². The number of hydrogen-bond donors (Lipinski definition) is 1. The van der Waals surface area contributed by atoms with E-state index in [1.807, 2.05) is 6.07 Å².